The summed E-state index contributed by atoms with van der Waals surface area (Å²) in [4.78, 5) is 27.2. The van der Waals surface area contributed by atoms with Crippen LogP contribution in [0.4, 0.5) is 5.13 Å². The van der Waals surface area contributed by atoms with E-state index in [1.807, 2.05) is 58.9 Å². The van der Waals surface area contributed by atoms with E-state index in [0.717, 1.165) is 47.3 Å². The van der Waals surface area contributed by atoms with Gasteiger partial charge in [-0.2, -0.15) is 0 Å². The second-order valence-electron chi connectivity index (χ2n) is 7.12. The molecule has 26 heavy (non-hydrogen) atoms. The lowest BCUT2D eigenvalue weighted by Crippen LogP contribution is -2.38. The molecule has 4 rings (SSSR count). The van der Waals surface area contributed by atoms with Gasteiger partial charge in [0.1, 0.15) is 0 Å². The molecule has 6 nitrogen and oxygen atoms in total. The maximum absolute atomic E-state index is 13.1. The van der Waals surface area contributed by atoms with Crippen molar-refractivity contribution in [2.24, 2.45) is 5.92 Å². The number of carbonyl (C=O) groups excluding carboxylic acids is 1. The van der Waals surface area contributed by atoms with E-state index >= 15 is 0 Å². The Morgan fingerprint density at radius 2 is 2.04 bits per heavy atom. The molecule has 3 aromatic heterocycles. The Labute approximate surface area is 157 Å². The molecule has 0 spiro atoms. The molecule has 1 aliphatic heterocycles. The number of piperidine rings is 1. The van der Waals surface area contributed by atoms with Gasteiger partial charge in [0.05, 0.1) is 16.6 Å². The number of hydrogen-bond donors (Lipinski definition) is 0. The Hall–Kier alpha value is -2.41. The van der Waals surface area contributed by atoms with E-state index in [9.17, 15) is 4.79 Å². The Kier molecular flexibility index (Phi) is 4.40. The van der Waals surface area contributed by atoms with Gasteiger partial charge in [-0.15, -0.1) is 0 Å². The van der Waals surface area contributed by atoms with Crippen LogP contribution in [0.25, 0.3) is 16.2 Å². The van der Waals surface area contributed by atoms with Crippen molar-refractivity contribution >= 4 is 27.9 Å². The fourth-order valence-corrected chi connectivity index (χ4v) is 4.13. The monoisotopic (exact) mass is 369 g/mol. The molecule has 1 saturated heterocycles. The van der Waals surface area contributed by atoms with E-state index in [1.54, 1.807) is 11.3 Å². The van der Waals surface area contributed by atoms with Crippen molar-refractivity contribution in [1.82, 2.24) is 19.3 Å². The number of fused-ring (bicyclic) bond motifs is 1. The Bertz CT molecular complexity index is 936. The number of hydrogen-bond acceptors (Lipinski definition) is 5. The van der Waals surface area contributed by atoms with Crippen LogP contribution in [-0.2, 0) is 0 Å². The number of nitrogens with zero attached hydrogens (tertiary/aromatic N) is 5. The van der Waals surface area contributed by atoms with Crippen molar-refractivity contribution in [3.63, 3.8) is 0 Å². The van der Waals surface area contributed by atoms with E-state index in [0.29, 0.717) is 11.6 Å². The van der Waals surface area contributed by atoms with E-state index in [-0.39, 0.29) is 5.91 Å². The number of amides is 1. The summed E-state index contributed by atoms with van der Waals surface area (Å²) >= 11 is 1.58. The number of anilines is 1. The highest BCUT2D eigenvalue weighted by Crippen LogP contribution is 2.31. The molecule has 0 aliphatic carbocycles. The summed E-state index contributed by atoms with van der Waals surface area (Å²) in [7, 11) is 3.94. The SMILES string of the molecule is CC1CCN(C(=O)c2nc(-c3cnc(N(C)C)s3)n3ccccc23)CC1. The molecule has 0 N–H and O–H groups in total. The molecule has 3 aromatic rings. The van der Waals surface area contributed by atoms with Crippen molar-refractivity contribution in [3.8, 4) is 10.7 Å². The minimum absolute atomic E-state index is 0.0317. The van der Waals surface area contributed by atoms with E-state index < -0.39 is 0 Å². The highest BCUT2D eigenvalue weighted by molar-refractivity contribution is 7.18. The van der Waals surface area contributed by atoms with Gasteiger partial charge in [0.2, 0.25) is 0 Å². The highest BCUT2D eigenvalue weighted by Gasteiger charge is 2.26. The topological polar surface area (TPSA) is 53.7 Å². The second kappa shape index (κ2) is 6.72. The summed E-state index contributed by atoms with van der Waals surface area (Å²) in [5.41, 5.74) is 1.39. The van der Waals surface area contributed by atoms with Crippen LogP contribution < -0.4 is 4.90 Å². The first kappa shape index (κ1) is 17.0. The minimum Gasteiger partial charge on any atom is -0.354 e. The zero-order chi connectivity index (χ0) is 18.3. The third-order valence-corrected chi connectivity index (χ3v) is 6.08. The van der Waals surface area contributed by atoms with Crippen LogP contribution in [0.3, 0.4) is 0 Å². The zero-order valence-electron chi connectivity index (χ0n) is 15.3. The molecule has 0 radical (unpaired) electrons. The molecule has 0 unspecified atom stereocenters. The van der Waals surface area contributed by atoms with Crippen LogP contribution in [0.2, 0.25) is 0 Å². The molecule has 1 aliphatic rings. The Morgan fingerprint density at radius 3 is 2.73 bits per heavy atom. The number of thiazole rings is 1. The van der Waals surface area contributed by atoms with Crippen molar-refractivity contribution < 1.29 is 4.79 Å². The van der Waals surface area contributed by atoms with Gasteiger partial charge in [-0.1, -0.05) is 24.3 Å². The van der Waals surface area contributed by atoms with Crippen LogP contribution in [0.1, 0.15) is 30.3 Å². The van der Waals surface area contributed by atoms with Gasteiger partial charge >= 0.3 is 0 Å². The van der Waals surface area contributed by atoms with Crippen LogP contribution in [0, 0.1) is 5.92 Å². The smallest absolute Gasteiger partial charge is 0.274 e. The van der Waals surface area contributed by atoms with Gasteiger partial charge in [0, 0.05) is 33.4 Å². The summed E-state index contributed by atoms with van der Waals surface area (Å²) in [5, 5.41) is 0.922. The molecular weight excluding hydrogens is 346 g/mol. The summed E-state index contributed by atoms with van der Waals surface area (Å²) in [6, 6.07) is 5.88. The first-order chi connectivity index (χ1) is 12.5. The summed E-state index contributed by atoms with van der Waals surface area (Å²) in [6.45, 7) is 3.87. The average Bonchev–Trinajstić information content (AvgIpc) is 3.27. The fraction of sp³-hybridized carbons (Fsp3) is 0.421. The lowest BCUT2D eigenvalue weighted by molar-refractivity contribution is 0.0694. The van der Waals surface area contributed by atoms with Gasteiger partial charge in [0.15, 0.2) is 16.6 Å². The number of likely N-dealkylation sites (tertiary alicyclic amines) is 1. The van der Waals surface area contributed by atoms with Gasteiger partial charge in [-0.3, -0.25) is 9.20 Å². The fourth-order valence-electron chi connectivity index (χ4n) is 3.31. The van der Waals surface area contributed by atoms with Crippen molar-refractivity contribution in [2.45, 2.75) is 19.8 Å². The predicted molar refractivity (Wildman–Crippen MR) is 105 cm³/mol. The third kappa shape index (κ3) is 2.96. The van der Waals surface area contributed by atoms with E-state index in [4.69, 9.17) is 4.98 Å². The van der Waals surface area contributed by atoms with Crippen LogP contribution in [0.15, 0.2) is 30.6 Å². The first-order valence-electron chi connectivity index (χ1n) is 8.94. The number of imidazole rings is 1. The van der Waals surface area contributed by atoms with Crippen LogP contribution >= 0.6 is 11.3 Å². The average molecular weight is 369 g/mol. The first-order valence-corrected chi connectivity index (χ1v) is 9.76. The highest BCUT2D eigenvalue weighted by atomic mass is 32.1. The summed E-state index contributed by atoms with van der Waals surface area (Å²) < 4.78 is 1.99. The molecule has 1 amide bonds. The molecule has 136 valence electrons. The standard InChI is InChI=1S/C19H23N5OS/c1-13-7-10-23(11-8-13)18(25)16-14-6-4-5-9-24(14)17(21-16)15-12-20-19(26-15)22(2)3/h4-6,9,12-13H,7-8,10-11H2,1-3H3. The maximum atomic E-state index is 13.1. The number of pyridine rings is 1. The summed E-state index contributed by atoms with van der Waals surface area (Å²) in [6.07, 6.45) is 5.91. The molecule has 0 bridgehead atoms. The zero-order valence-corrected chi connectivity index (χ0v) is 16.2. The van der Waals surface area contributed by atoms with Gasteiger partial charge in [0.25, 0.3) is 5.91 Å². The van der Waals surface area contributed by atoms with Gasteiger partial charge in [-0.05, 0) is 30.9 Å². The molecule has 7 heteroatoms. The predicted octanol–water partition coefficient (Wildman–Crippen LogP) is 3.40. The molecule has 1 fully saturated rings. The van der Waals surface area contributed by atoms with Crippen LogP contribution in [0.5, 0.6) is 0 Å². The van der Waals surface area contributed by atoms with Gasteiger partial charge in [-0.25, -0.2) is 9.97 Å². The quantitative estimate of drug-likeness (QED) is 0.710. The van der Waals surface area contributed by atoms with Crippen molar-refractivity contribution in [3.05, 3.63) is 36.3 Å². The van der Waals surface area contributed by atoms with Crippen LogP contribution in [-0.4, -0.2) is 52.4 Å². The lowest BCUT2D eigenvalue weighted by atomic mass is 9.99. The molecule has 0 saturated carbocycles. The number of aromatic nitrogens is 3. The van der Waals surface area contributed by atoms with Crippen molar-refractivity contribution in [2.75, 3.05) is 32.1 Å². The molecule has 4 heterocycles. The molecule has 0 aromatic carbocycles. The summed E-state index contributed by atoms with van der Waals surface area (Å²) in [5.74, 6) is 1.50. The van der Waals surface area contributed by atoms with Crippen molar-refractivity contribution in [1.29, 1.82) is 0 Å². The van der Waals surface area contributed by atoms with E-state index in [2.05, 4.69) is 11.9 Å². The second-order valence-corrected chi connectivity index (χ2v) is 8.13. The largest absolute Gasteiger partial charge is 0.354 e. The molecular formula is C19H23N5OS. The van der Waals surface area contributed by atoms with E-state index in [1.165, 1.54) is 0 Å². The maximum Gasteiger partial charge on any atom is 0.274 e. The lowest BCUT2D eigenvalue weighted by Gasteiger charge is -2.29. The van der Waals surface area contributed by atoms with Gasteiger partial charge < -0.3 is 9.80 Å². The third-order valence-electron chi connectivity index (χ3n) is 4.92. The Balaban J connectivity index is 1.75. The Morgan fingerprint density at radius 1 is 1.27 bits per heavy atom. The molecule has 0 atom stereocenters. The minimum atomic E-state index is 0.0317. The number of rotatable bonds is 3. The number of carbonyl (C=O) groups is 1. The normalized spacial score (nSPS) is 15.6.